The van der Waals surface area contributed by atoms with Crippen LogP contribution in [0.25, 0.3) is 16.9 Å². The Bertz CT molecular complexity index is 1190. The van der Waals surface area contributed by atoms with Gasteiger partial charge in [-0.1, -0.05) is 60.7 Å². The van der Waals surface area contributed by atoms with Crippen LogP contribution < -0.4 is 10.1 Å². The van der Waals surface area contributed by atoms with Crippen LogP contribution in [0.5, 0.6) is 5.75 Å². The highest BCUT2D eigenvalue weighted by Crippen LogP contribution is 2.25. The van der Waals surface area contributed by atoms with Gasteiger partial charge in [0.05, 0.1) is 17.8 Å². The molecule has 0 radical (unpaired) electrons. The van der Waals surface area contributed by atoms with Crippen molar-refractivity contribution in [3.05, 3.63) is 96.6 Å². The minimum absolute atomic E-state index is 0.00689. The Hall–Kier alpha value is -4.37. The number of aromatic nitrogens is 2. The summed E-state index contributed by atoms with van der Waals surface area (Å²) in [4.78, 5) is 12.7. The summed E-state index contributed by atoms with van der Waals surface area (Å²) in [5, 5.41) is 16.3. The van der Waals surface area contributed by atoms with E-state index in [1.165, 1.54) is 0 Å². The van der Waals surface area contributed by atoms with E-state index in [9.17, 15) is 4.79 Å². The zero-order chi connectivity index (χ0) is 21.5. The van der Waals surface area contributed by atoms with E-state index in [4.69, 9.17) is 15.1 Å². The maximum absolute atomic E-state index is 12.7. The first-order chi connectivity index (χ1) is 15.2. The first-order valence-electron chi connectivity index (χ1n) is 9.82. The standard InChI is InChI=1S/C25H20N4O2/c26-15-16-31-22-13-11-19(12-14-22)17-25(30)27-24-18-23(20-7-3-1-4-8-20)28-29(24)21-9-5-2-6-10-21/h1-14,18H,16-17H2,(H,27,30). The van der Waals surface area contributed by atoms with Crippen LogP contribution in [0.4, 0.5) is 5.82 Å². The molecular weight excluding hydrogens is 388 g/mol. The second kappa shape index (κ2) is 9.42. The summed E-state index contributed by atoms with van der Waals surface area (Å²) in [6.45, 7) is -0.00689. The molecule has 0 atom stereocenters. The zero-order valence-electron chi connectivity index (χ0n) is 16.7. The molecule has 4 rings (SSSR count). The van der Waals surface area contributed by atoms with Crippen molar-refractivity contribution in [1.29, 1.82) is 5.26 Å². The van der Waals surface area contributed by atoms with E-state index < -0.39 is 0 Å². The first kappa shape index (κ1) is 19.9. The highest BCUT2D eigenvalue weighted by Gasteiger charge is 2.14. The smallest absolute Gasteiger partial charge is 0.229 e. The van der Waals surface area contributed by atoms with Gasteiger partial charge in [0.25, 0.3) is 0 Å². The number of ether oxygens (including phenoxy) is 1. The third kappa shape index (κ3) is 4.98. The minimum Gasteiger partial charge on any atom is -0.479 e. The molecule has 1 N–H and O–H groups in total. The Morgan fingerprint density at radius 3 is 2.32 bits per heavy atom. The second-order valence-corrected chi connectivity index (χ2v) is 6.84. The maximum atomic E-state index is 12.7. The van der Waals surface area contributed by atoms with Crippen molar-refractivity contribution in [3.8, 4) is 28.8 Å². The van der Waals surface area contributed by atoms with Gasteiger partial charge in [0.2, 0.25) is 5.91 Å². The highest BCUT2D eigenvalue weighted by molar-refractivity contribution is 5.92. The molecule has 0 unspecified atom stereocenters. The average Bonchev–Trinajstić information content (AvgIpc) is 3.23. The quantitative estimate of drug-likeness (QED) is 0.484. The number of carbonyl (C=O) groups excluding carboxylic acids is 1. The molecule has 0 aliphatic carbocycles. The van der Waals surface area contributed by atoms with E-state index >= 15 is 0 Å². The number of para-hydroxylation sites is 1. The normalized spacial score (nSPS) is 10.3. The summed E-state index contributed by atoms with van der Waals surface area (Å²) >= 11 is 0. The lowest BCUT2D eigenvalue weighted by molar-refractivity contribution is -0.115. The Labute approximate surface area is 180 Å². The van der Waals surface area contributed by atoms with Crippen LogP contribution in [-0.4, -0.2) is 22.3 Å². The van der Waals surface area contributed by atoms with Gasteiger partial charge in [-0.25, -0.2) is 4.68 Å². The average molecular weight is 408 g/mol. The van der Waals surface area contributed by atoms with Gasteiger partial charge < -0.3 is 10.1 Å². The molecule has 0 saturated heterocycles. The van der Waals surface area contributed by atoms with Crippen molar-refractivity contribution >= 4 is 11.7 Å². The molecule has 0 fully saturated rings. The third-order valence-electron chi connectivity index (χ3n) is 4.64. The van der Waals surface area contributed by atoms with E-state index in [1.807, 2.05) is 84.9 Å². The topological polar surface area (TPSA) is 79.9 Å². The second-order valence-electron chi connectivity index (χ2n) is 6.84. The molecule has 6 heteroatoms. The van der Waals surface area contributed by atoms with Crippen LogP contribution >= 0.6 is 0 Å². The number of rotatable bonds is 7. The molecule has 3 aromatic carbocycles. The predicted molar refractivity (Wildman–Crippen MR) is 119 cm³/mol. The molecular formula is C25H20N4O2. The summed E-state index contributed by atoms with van der Waals surface area (Å²) < 4.78 is 6.98. The number of carbonyl (C=O) groups is 1. The Kier molecular flexibility index (Phi) is 6.05. The number of anilines is 1. The van der Waals surface area contributed by atoms with Crippen molar-refractivity contribution in [2.24, 2.45) is 0 Å². The molecule has 6 nitrogen and oxygen atoms in total. The molecule has 0 spiro atoms. The van der Waals surface area contributed by atoms with E-state index in [0.29, 0.717) is 11.6 Å². The SMILES string of the molecule is N#CCOc1ccc(CC(=O)Nc2cc(-c3ccccc3)nn2-c2ccccc2)cc1. The van der Waals surface area contributed by atoms with Gasteiger partial charge in [-0.3, -0.25) is 4.79 Å². The predicted octanol–water partition coefficient (Wildman–Crippen LogP) is 4.62. The summed E-state index contributed by atoms with van der Waals surface area (Å²) in [7, 11) is 0. The fourth-order valence-corrected chi connectivity index (χ4v) is 3.18. The van der Waals surface area contributed by atoms with E-state index in [2.05, 4.69) is 5.32 Å². The fourth-order valence-electron chi connectivity index (χ4n) is 3.18. The van der Waals surface area contributed by atoms with Crippen LogP contribution in [0.3, 0.4) is 0 Å². The van der Waals surface area contributed by atoms with E-state index in [-0.39, 0.29) is 18.9 Å². The van der Waals surface area contributed by atoms with Crippen molar-refractivity contribution in [2.45, 2.75) is 6.42 Å². The van der Waals surface area contributed by atoms with E-state index in [0.717, 1.165) is 22.5 Å². The zero-order valence-corrected chi connectivity index (χ0v) is 16.7. The number of nitriles is 1. The van der Waals surface area contributed by atoms with Gasteiger partial charge >= 0.3 is 0 Å². The summed E-state index contributed by atoms with van der Waals surface area (Å²) in [6.07, 6.45) is 0.208. The van der Waals surface area contributed by atoms with Crippen LogP contribution in [-0.2, 0) is 11.2 Å². The summed E-state index contributed by atoms with van der Waals surface area (Å²) in [5.74, 6) is 1.05. The van der Waals surface area contributed by atoms with Gasteiger partial charge in [0.1, 0.15) is 17.6 Å². The lowest BCUT2D eigenvalue weighted by atomic mass is 10.1. The van der Waals surface area contributed by atoms with Gasteiger partial charge in [0.15, 0.2) is 6.61 Å². The van der Waals surface area contributed by atoms with Crippen LogP contribution in [0.1, 0.15) is 5.56 Å². The Morgan fingerprint density at radius 2 is 1.65 bits per heavy atom. The minimum atomic E-state index is -0.151. The molecule has 1 aromatic heterocycles. The molecule has 0 saturated carbocycles. The number of amides is 1. The summed E-state index contributed by atoms with van der Waals surface area (Å²) in [6, 6.07) is 30.5. The largest absolute Gasteiger partial charge is 0.479 e. The number of benzene rings is 3. The number of hydrogen-bond acceptors (Lipinski definition) is 4. The molecule has 1 amide bonds. The van der Waals surface area contributed by atoms with Crippen molar-refractivity contribution in [2.75, 3.05) is 11.9 Å². The van der Waals surface area contributed by atoms with Crippen molar-refractivity contribution < 1.29 is 9.53 Å². The van der Waals surface area contributed by atoms with Crippen LogP contribution in [0.2, 0.25) is 0 Å². The van der Waals surface area contributed by atoms with Gasteiger partial charge in [-0.05, 0) is 29.8 Å². The third-order valence-corrected chi connectivity index (χ3v) is 4.64. The lowest BCUT2D eigenvalue weighted by Crippen LogP contribution is -2.17. The van der Waals surface area contributed by atoms with Crippen LogP contribution in [0, 0.1) is 11.3 Å². The van der Waals surface area contributed by atoms with Gasteiger partial charge in [0, 0.05) is 11.6 Å². The van der Waals surface area contributed by atoms with Gasteiger partial charge in [-0.15, -0.1) is 0 Å². The van der Waals surface area contributed by atoms with E-state index in [1.54, 1.807) is 16.8 Å². The molecule has 4 aromatic rings. The number of nitrogens with one attached hydrogen (secondary N) is 1. The summed E-state index contributed by atoms with van der Waals surface area (Å²) in [5.41, 5.74) is 3.45. The first-order valence-corrected chi connectivity index (χ1v) is 9.82. The number of nitrogens with zero attached hydrogens (tertiary/aromatic N) is 3. The Morgan fingerprint density at radius 1 is 0.968 bits per heavy atom. The molecule has 152 valence electrons. The maximum Gasteiger partial charge on any atom is 0.229 e. The van der Waals surface area contributed by atoms with Gasteiger partial charge in [-0.2, -0.15) is 10.4 Å². The lowest BCUT2D eigenvalue weighted by Gasteiger charge is -2.09. The van der Waals surface area contributed by atoms with Crippen molar-refractivity contribution in [3.63, 3.8) is 0 Å². The van der Waals surface area contributed by atoms with Crippen molar-refractivity contribution in [1.82, 2.24) is 9.78 Å². The number of hydrogen-bond donors (Lipinski definition) is 1. The Balaban J connectivity index is 1.55. The molecule has 1 heterocycles. The molecule has 31 heavy (non-hydrogen) atoms. The van der Waals surface area contributed by atoms with Crippen LogP contribution in [0.15, 0.2) is 91.0 Å². The molecule has 0 bridgehead atoms. The molecule has 0 aliphatic rings. The highest BCUT2D eigenvalue weighted by atomic mass is 16.5. The monoisotopic (exact) mass is 408 g/mol. The molecule has 0 aliphatic heterocycles. The fraction of sp³-hybridized carbons (Fsp3) is 0.0800.